The van der Waals surface area contributed by atoms with E-state index >= 15 is 0 Å². The van der Waals surface area contributed by atoms with Gasteiger partial charge in [0.15, 0.2) is 0 Å². The molecule has 6 rings (SSSR count). The standard InChI is InChI=1S/C21H23NO2.C11H10BrNO2.C10H15BO2/c1-5-24-20(23)19-18(16-8-6-7-9-17(16)22-19)14-10-12-15(13-11-14)21(2,3)4;1-2-15-11(14)10-9(12)7-5-3-4-6-8(7)13-10;1-10(2,3)8-4-6-9(7-5-8)11(12)13/h6-13,22H,5H2,1-4H3;3-6,13H,2H2,1H3;4-7,12-13H,1-3H3. The highest BCUT2D eigenvalue weighted by Crippen LogP contribution is 2.34. The third-order valence-electron chi connectivity index (χ3n) is 8.42. The summed E-state index contributed by atoms with van der Waals surface area (Å²) in [6.45, 7) is 17.3. The van der Waals surface area contributed by atoms with Crippen LogP contribution in [0, 0.1) is 0 Å². The molecule has 0 radical (unpaired) electrons. The largest absolute Gasteiger partial charge is 0.488 e. The molecule has 0 unspecified atom stereocenters. The maximum atomic E-state index is 12.4. The van der Waals surface area contributed by atoms with E-state index in [1.807, 2.05) is 67.6 Å². The number of benzene rings is 4. The molecule has 0 fully saturated rings. The summed E-state index contributed by atoms with van der Waals surface area (Å²) in [7, 11) is -1.37. The lowest BCUT2D eigenvalue weighted by Crippen LogP contribution is -2.29. The van der Waals surface area contributed by atoms with E-state index < -0.39 is 7.12 Å². The van der Waals surface area contributed by atoms with Crippen molar-refractivity contribution in [3.05, 3.63) is 124 Å². The zero-order valence-electron chi connectivity index (χ0n) is 31.1. The number of halogens is 1. The van der Waals surface area contributed by atoms with Crippen molar-refractivity contribution in [2.75, 3.05) is 13.2 Å². The Morgan fingerprint density at radius 1 is 0.635 bits per heavy atom. The zero-order valence-corrected chi connectivity index (χ0v) is 32.7. The number of para-hydroxylation sites is 2. The van der Waals surface area contributed by atoms with E-state index in [1.165, 1.54) is 11.1 Å². The van der Waals surface area contributed by atoms with E-state index in [0.29, 0.717) is 30.1 Å². The molecule has 0 atom stereocenters. The molecule has 0 saturated heterocycles. The Labute approximate surface area is 314 Å². The monoisotopic (exact) mass is 766 g/mol. The summed E-state index contributed by atoms with van der Waals surface area (Å²) in [5.41, 5.74) is 7.98. The fourth-order valence-corrected chi connectivity index (χ4v) is 6.15. The number of nitrogens with one attached hydrogen (secondary N) is 2. The lowest BCUT2D eigenvalue weighted by atomic mass is 9.78. The molecule has 4 N–H and O–H groups in total. The molecule has 0 aliphatic heterocycles. The van der Waals surface area contributed by atoms with E-state index in [-0.39, 0.29) is 22.8 Å². The zero-order chi connectivity index (χ0) is 38.2. The number of fused-ring (bicyclic) bond motifs is 2. The van der Waals surface area contributed by atoms with Crippen molar-refractivity contribution >= 4 is 62.3 Å². The van der Waals surface area contributed by atoms with Gasteiger partial charge in [-0.2, -0.15) is 0 Å². The van der Waals surface area contributed by atoms with Crippen molar-refractivity contribution in [2.45, 2.75) is 66.2 Å². The molecule has 10 heteroatoms. The third kappa shape index (κ3) is 9.82. The van der Waals surface area contributed by atoms with E-state index in [0.717, 1.165) is 37.4 Å². The Hall–Kier alpha value is -4.64. The number of H-pyrrole nitrogens is 2. The minimum Gasteiger partial charge on any atom is -0.461 e. The van der Waals surface area contributed by atoms with Crippen LogP contribution in [0.4, 0.5) is 0 Å². The van der Waals surface area contributed by atoms with Gasteiger partial charge in [-0.1, -0.05) is 126 Å². The summed E-state index contributed by atoms with van der Waals surface area (Å²) >= 11 is 3.39. The highest BCUT2D eigenvalue weighted by molar-refractivity contribution is 9.10. The van der Waals surface area contributed by atoms with Crippen LogP contribution < -0.4 is 5.46 Å². The number of aromatic nitrogens is 2. The van der Waals surface area contributed by atoms with Crippen molar-refractivity contribution in [1.82, 2.24) is 9.97 Å². The number of carbonyl (C=O) groups is 2. The summed E-state index contributed by atoms with van der Waals surface area (Å²) in [6.07, 6.45) is 0. The molecule has 0 saturated carbocycles. The van der Waals surface area contributed by atoms with E-state index in [1.54, 1.807) is 19.1 Å². The predicted molar refractivity (Wildman–Crippen MR) is 215 cm³/mol. The molecule has 0 aliphatic carbocycles. The second kappa shape index (κ2) is 17.3. The van der Waals surface area contributed by atoms with E-state index in [2.05, 4.69) is 91.7 Å². The van der Waals surface area contributed by atoms with Crippen LogP contribution in [0.2, 0.25) is 0 Å². The molecule has 2 aromatic heterocycles. The summed E-state index contributed by atoms with van der Waals surface area (Å²) in [6, 6.07) is 31.4. The lowest BCUT2D eigenvalue weighted by Gasteiger charge is -2.19. The first-order valence-corrected chi connectivity index (χ1v) is 18.1. The van der Waals surface area contributed by atoms with E-state index in [9.17, 15) is 9.59 Å². The minimum atomic E-state index is -1.37. The first-order chi connectivity index (χ1) is 24.6. The summed E-state index contributed by atoms with van der Waals surface area (Å²) in [4.78, 5) is 30.2. The topological polar surface area (TPSA) is 125 Å². The molecular weight excluding hydrogens is 719 g/mol. The molecule has 0 amide bonds. The number of ether oxygens (including phenoxy) is 2. The summed E-state index contributed by atoms with van der Waals surface area (Å²) in [5.74, 6) is -0.649. The molecule has 0 spiro atoms. The van der Waals surface area contributed by atoms with Crippen LogP contribution in [0.1, 0.15) is 87.5 Å². The molecule has 4 aromatic carbocycles. The highest BCUT2D eigenvalue weighted by Gasteiger charge is 2.21. The van der Waals surface area contributed by atoms with Gasteiger partial charge in [0, 0.05) is 27.4 Å². The van der Waals surface area contributed by atoms with Gasteiger partial charge in [0.05, 0.1) is 17.7 Å². The quantitative estimate of drug-likeness (QED) is 0.0991. The fourth-order valence-electron chi connectivity index (χ4n) is 5.54. The number of hydrogen-bond donors (Lipinski definition) is 4. The van der Waals surface area contributed by atoms with E-state index in [4.69, 9.17) is 19.5 Å². The van der Waals surface area contributed by atoms with Crippen LogP contribution >= 0.6 is 15.9 Å². The van der Waals surface area contributed by atoms with Crippen LogP contribution in [0.25, 0.3) is 32.9 Å². The average Bonchev–Trinajstić information content (AvgIpc) is 3.67. The molecule has 2 heterocycles. The normalized spacial score (nSPS) is 11.3. The highest BCUT2D eigenvalue weighted by atomic mass is 79.9. The Morgan fingerprint density at radius 2 is 1.06 bits per heavy atom. The lowest BCUT2D eigenvalue weighted by molar-refractivity contribution is 0.0511. The maximum absolute atomic E-state index is 12.4. The van der Waals surface area contributed by atoms with Gasteiger partial charge in [0.25, 0.3) is 0 Å². The van der Waals surface area contributed by atoms with Crippen molar-refractivity contribution in [3.8, 4) is 11.1 Å². The second-order valence-corrected chi connectivity index (χ2v) is 15.1. The van der Waals surface area contributed by atoms with Gasteiger partial charge in [-0.3, -0.25) is 0 Å². The van der Waals surface area contributed by atoms with Gasteiger partial charge < -0.3 is 29.5 Å². The van der Waals surface area contributed by atoms with Gasteiger partial charge in [0.2, 0.25) is 0 Å². The van der Waals surface area contributed by atoms with Crippen LogP contribution in [0.15, 0.2) is 102 Å². The molecule has 6 aromatic rings. The molecule has 8 nitrogen and oxygen atoms in total. The van der Waals surface area contributed by atoms with Gasteiger partial charge in [-0.15, -0.1) is 0 Å². The third-order valence-corrected chi connectivity index (χ3v) is 9.25. The van der Waals surface area contributed by atoms with Crippen LogP contribution in [-0.4, -0.2) is 52.3 Å². The Bertz CT molecular complexity index is 2100. The molecule has 52 heavy (non-hydrogen) atoms. The van der Waals surface area contributed by atoms with Crippen LogP contribution in [0.5, 0.6) is 0 Å². The van der Waals surface area contributed by atoms with Crippen LogP contribution in [0.3, 0.4) is 0 Å². The summed E-state index contributed by atoms with van der Waals surface area (Å²) in [5, 5.41) is 19.8. The smallest absolute Gasteiger partial charge is 0.461 e. The molecule has 0 aliphatic rings. The van der Waals surface area contributed by atoms with Gasteiger partial charge in [-0.05, 0) is 74.9 Å². The fraction of sp³-hybridized carbons (Fsp3) is 0.286. The van der Waals surface area contributed by atoms with Gasteiger partial charge >= 0.3 is 19.1 Å². The number of rotatable bonds is 6. The molecule has 272 valence electrons. The van der Waals surface area contributed by atoms with Crippen molar-refractivity contribution < 1.29 is 29.1 Å². The predicted octanol–water partition coefficient (Wildman–Crippen LogP) is 9.08. The van der Waals surface area contributed by atoms with Gasteiger partial charge in [-0.25, -0.2) is 9.59 Å². The number of carbonyl (C=O) groups excluding carboxylic acids is 2. The molecular formula is C42H48BBrN2O6. The Morgan fingerprint density at radius 3 is 1.52 bits per heavy atom. The van der Waals surface area contributed by atoms with Crippen LogP contribution in [-0.2, 0) is 20.3 Å². The summed E-state index contributed by atoms with van der Waals surface area (Å²) < 4.78 is 10.9. The first-order valence-electron chi connectivity index (χ1n) is 17.3. The number of esters is 2. The first kappa shape index (κ1) is 40.1. The molecule has 0 bridgehead atoms. The number of aromatic amines is 2. The second-order valence-electron chi connectivity index (χ2n) is 14.3. The SMILES string of the molecule is CC(C)(C)c1ccc(B(O)O)cc1.CCOC(=O)c1[nH]c2ccccc2c1-c1ccc(C(C)(C)C)cc1.CCOC(=O)c1[nH]c2ccccc2c1Br. The Balaban J connectivity index is 0.000000186. The van der Waals surface area contributed by atoms with Crippen molar-refractivity contribution in [3.63, 3.8) is 0 Å². The number of hydrogen-bond acceptors (Lipinski definition) is 6. The maximum Gasteiger partial charge on any atom is 0.488 e. The van der Waals surface area contributed by atoms with Gasteiger partial charge in [0.1, 0.15) is 11.4 Å². The Kier molecular flexibility index (Phi) is 13.3. The minimum absolute atomic E-state index is 0.0999. The van der Waals surface area contributed by atoms with Crippen molar-refractivity contribution in [1.29, 1.82) is 0 Å². The average molecular weight is 768 g/mol. The van der Waals surface area contributed by atoms with Crippen molar-refractivity contribution in [2.24, 2.45) is 0 Å².